The average molecular weight is 239 g/mol. The van der Waals surface area contributed by atoms with Crippen molar-refractivity contribution in [1.29, 1.82) is 0 Å². The lowest BCUT2D eigenvalue weighted by molar-refractivity contribution is 0.0537. The van der Waals surface area contributed by atoms with Crippen molar-refractivity contribution in [3.63, 3.8) is 0 Å². The van der Waals surface area contributed by atoms with E-state index < -0.39 is 0 Å². The zero-order valence-corrected chi connectivity index (χ0v) is 10.2. The lowest BCUT2D eigenvalue weighted by Crippen LogP contribution is -2.36. The first kappa shape index (κ1) is 12.3. The molecule has 94 valence electrons. The van der Waals surface area contributed by atoms with Gasteiger partial charge in [-0.1, -0.05) is 6.92 Å². The highest BCUT2D eigenvalue weighted by Gasteiger charge is 2.29. The zero-order chi connectivity index (χ0) is 12.4. The zero-order valence-electron chi connectivity index (χ0n) is 10.2. The Morgan fingerprint density at radius 1 is 1.59 bits per heavy atom. The molecular formula is C13H18FNO2. The lowest BCUT2D eigenvalue weighted by atomic mass is 9.91. The minimum atomic E-state index is -0.272. The Hall–Kier alpha value is -1.13. The Kier molecular flexibility index (Phi) is 3.64. The molecule has 3 atom stereocenters. The fraction of sp³-hybridized carbons (Fsp3) is 0.538. The second kappa shape index (κ2) is 5.02. The summed E-state index contributed by atoms with van der Waals surface area (Å²) < 4.78 is 24.1. The van der Waals surface area contributed by atoms with Crippen LogP contribution in [-0.2, 0) is 4.74 Å². The van der Waals surface area contributed by atoms with Crippen LogP contribution in [-0.4, -0.2) is 19.8 Å². The van der Waals surface area contributed by atoms with Crippen molar-refractivity contribution in [3.8, 4) is 5.75 Å². The molecule has 0 aliphatic carbocycles. The van der Waals surface area contributed by atoms with Crippen LogP contribution in [0.4, 0.5) is 4.39 Å². The molecular weight excluding hydrogens is 221 g/mol. The third-order valence-electron chi connectivity index (χ3n) is 3.20. The van der Waals surface area contributed by atoms with E-state index in [-0.39, 0.29) is 23.9 Å². The van der Waals surface area contributed by atoms with Crippen LogP contribution in [0.15, 0.2) is 18.2 Å². The molecule has 0 radical (unpaired) electrons. The van der Waals surface area contributed by atoms with Gasteiger partial charge in [0.2, 0.25) is 0 Å². The quantitative estimate of drug-likeness (QED) is 0.880. The van der Waals surface area contributed by atoms with Gasteiger partial charge in [-0.15, -0.1) is 0 Å². The number of hydrogen-bond acceptors (Lipinski definition) is 3. The first-order valence-corrected chi connectivity index (χ1v) is 5.82. The smallest absolute Gasteiger partial charge is 0.124 e. The molecule has 0 spiro atoms. The molecule has 2 N–H and O–H groups in total. The van der Waals surface area contributed by atoms with Crippen LogP contribution in [0.1, 0.15) is 24.9 Å². The van der Waals surface area contributed by atoms with Gasteiger partial charge < -0.3 is 15.2 Å². The summed E-state index contributed by atoms with van der Waals surface area (Å²) >= 11 is 0. The molecule has 1 aliphatic heterocycles. The SMILES string of the molecule is COCC(C)C1C[C@H](N)c2cc(F)ccc2O1. The van der Waals surface area contributed by atoms with E-state index in [9.17, 15) is 4.39 Å². The van der Waals surface area contributed by atoms with Gasteiger partial charge in [-0.2, -0.15) is 0 Å². The molecule has 2 rings (SSSR count). The number of rotatable bonds is 3. The van der Waals surface area contributed by atoms with Crippen molar-refractivity contribution < 1.29 is 13.9 Å². The van der Waals surface area contributed by atoms with Gasteiger partial charge in [-0.05, 0) is 18.2 Å². The molecule has 0 aromatic heterocycles. The third kappa shape index (κ3) is 2.58. The molecule has 17 heavy (non-hydrogen) atoms. The molecule has 1 aromatic rings. The number of ether oxygens (including phenoxy) is 2. The maximum absolute atomic E-state index is 13.1. The minimum absolute atomic E-state index is 0.0305. The summed E-state index contributed by atoms with van der Waals surface area (Å²) in [5.74, 6) is 0.688. The van der Waals surface area contributed by atoms with Gasteiger partial charge in [0.1, 0.15) is 17.7 Å². The van der Waals surface area contributed by atoms with Gasteiger partial charge in [-0.3, -0.25) is 0 Å². The number of benzene rings is 1. The van der Waals surface area contributed by atoms with Gasteiger partial charge in [0.05, 0.1) is 6.61 Å². The Balaban J connectivity index is 2.18. The van der Waals surface area contributed by atoms with Crippen molar-refractivity contribution >= 4 is 0 Å². The maximum atomic E-state index is 13.1. The number of hydrogen-bond donors (Lipinski definition) is 1. The summed E-state index contributed by atoms with van der Waals surface area (Å²) in [6.45, 7) is 2.70. The Morgan fingerprint density at radius 2 is 2.35 bits per heavy atom. The Morgan fingerprint density at radius 3 is 3.06 bits per heavy atom. The van der Waals surface area contributed by atoms with Gasteiger partial charge in [0.15, 0.2) is 0 Å². The molecule has 0 amide bonds. The number of halogens is 1. The van der Waals surface area contributed by atoms with Crippen LogP contribution >= 0.6 is 0 Å². The summed E-state index contributed by atoms with van der Waals surface area (Å²) in [5, 5.41) is 0. The molecule has 1 aliphatic rings. The second-order valence-electron chi connectivity index (χ2n) is 4.61. The normalized spacial score (nSPS) is 24.9. The first-order chi connectivity index (χ1) is 8.11. The third-order valence-corrected chi connectivity index (χ3v) is 3.20. The molecule has 0 fully saturated rings. The maximum Gasteiger partial charge on any atom is 0.124 e. The monoisotopic (exact) mass is 239 g/mol. The highest BCUT2D eigenvalue weighted by molar-refractivity contribution is 5.38. The minimum Gasteiger partial charge on any atom is -0.490 e. The van der Waals surface area contributed by atoms with E-state index in [0.717, 1.165) is 5.56 Å². The van der Waals surface area contributed by atoms with Crippen molar-refractivity contribution in [3.05, 3.63) is 29.6 Å². The predicted octanol–water partition coefficient (Wildman–Crippen LogP) is 2.26. The first-order valence-electron chi connectivity index (χ1n) is 5.82. The molecule has 1 aromatic carbocycles. The van der Waals surface area contributed by atoms with Crippen LogP contribution in [0.2, 0.25) is 0 Å². The van der Waals surface area contributed by atoms with E-state index in [2.05, 4.69) is 6.92 Å². The molecule has 4 heteroatoms. The topological polar surface area (TPSA) is 44.5 Å². The summed E-state index contributed by atoms with van der Waals surface area (Å²) in [4.78, 5) is 0. The van der Waals surface area contributed by atoms with Gasteiger partial charge in [0, 0.05) is 31.1 Å². The van der Waals surface area contributed by atoms with E-state index in [1.807, 2.05) is 0 Å². The average Bonchev–Trinajstić information content (AvgIpc) is 2.30. The Bertz CT molecular complexity index is 397. The predicted molar refractivity (Wildman–Crippen MR) is 63.4 cm³/mol. The van der Waals surface area contributed by atoms with Crippen LogP contribution in [0.5, 0.6) is 5.75 Å². The summed E-state index contributed by atoms with van der Waals surface area (Å²) in [6, 6.07) is 4.33. The van der Waals surface area contributed by atoms with E-state index >= 15 is 0 Å². The number of methoxy groups -OCH3 is 1. The van der Waals surface area contributed by atoms with Crippen molar-refractivity contribution in [2.24, 2.45) is 11.7 Å². The largest absolute Gasteiger partial charge is 0.490 e. The van der Waals surface area contributed by atoms with Crippen LogP contribution in [0.3, 0.4) is 0 Å². The van der Waals surface area contributed by atoms with E-state index in [4.69, 9.17) is 15.2 Å². The standard InChI is InChI=1S/C13H18FNO2/c1-8(7-16-2)13-6-11(15)10-5-9(14)3-4-12(10)17-13/h3-5,8,11,13H,6-7,15H2,1-2H3/t8?,11-,13?/m0/s1. The van der Waals surface area contributed by atoms with E-state index in [1.54, 1.807) is 13.2 Å². The molecule has 0 saturated carbocycles. The molecule has 2 unspecified atom stereocenters. The summed E-state index contributed by atoms with van der Waals surface area (Å²) in [5.41, 5.74) is 6.81. The number of fused-ring (bicyclic) bond motifs is 1. The van der Waals surface area contributed by atoms with Gasteiger partial charge >= 0.3 is 0 Å². The van der Waals surface area contributed by atoms with Gasteiger partial charge in [-0.25, -0.2) is 4.39 Å². The molecule has 3 nitrogen and oxygen atoms in total. The van der Waals surface area contributed by atoms with Gasteiger partial charge in [0.25, 0.3) is 0 Å². The lowest BCUT2D eigenvalue weighted by Gasteiger charge is -2.33. The van der Waals surface area contributed by atoms with E-state index in [1.165, 1.54) is 12.1 Å². The van der Waals surface area contributed by atoms with Crippen LogP contribution < -0.4 is 10.5 Å². The summed E-state index contributed by atoms with van der Waals surface area (Å²) in [7, 11) is 1.67. The Labute approximate surface area is 101 Å². The molecule has 1 heterocycles. The summed E-state index contributed by atoms with van der Waals surface area (Å²) in [6.07, 6.45) is 0.726. The van der Waals surface area contributed by atoms with E-state index in [0.29, 0.717) is 18.8 Å². The second-order valence-corrected chi connectivity index (χ2v) is 4.61. The molecule has 0 saturated heterocycles. The fourth-order valence-corrected chi connectivity index (χ4v) is 2.22. The molecule has 0 bridgehead atoms. The van der Waals surface area contributed by atoms with Crippen LogP contribution in [0, 0.1) is 11.7 Å². The van der Waals surface area contributed by atoms with Crippen molar-refractivity contribution in [2.45, 2.75) is 25.5 Å². The van der Waals surface area contributed by atoms with Crippen molar-refractivity contribution in [2.75, 3.05) is 13.7 Å². The van der Waals surface area contributed by atoms with Crippen molar-refractivity contribution in [1.82, 2.24) is 0 Å². The van der Waals surface area contributed by atoms with Crippen LogP contribution in [0.25, 0.3) is 0 Å². The highest BCUT2D eigenvalue weighted by Crippen LogP contribution is 2.35. The fourth-order valence-electron chi connectivity index (χ4n) is 2.22. The number of nitrogens with two attached hydrogens (primary N) is 1. The highest BCUT2D eigenvalue weighted by atomic mass is 19.1.